The number of hydrogen-bond donors (Lipinski definition) is 1. The van der Waals surface area contributed by atoms with Crippen molar-refractivity contribution < 1.29 is 23.9 Å². The molecule has 0 atom stereocenters. The number of esters is 1. The summed E-state index contributed by atoms with van der Waals surface area (Å²) in [5.74, 6) is -1.29. The average molecular weight is 480 g/mol. The molecule has 0 spiro atoms. The van der Waals surface area contributed by atoms with Gasteiger partial charge in [-0.2, -0.15) is 0 Å². The molecule has 0 aliphatic carbocycles. The van der Waals surface area contributed by atoms with Crippen molar-refractivity contribution in [2.75, 3.05) is 18.2 Å². The summed E-state index contributed by atoms with van der Waals surface area (Å²) in [6.07, 6.45) is 1.41. The van der Waals surface area contributed by atoms with E-state index in [2.05, 4.69) is 21.4 Å². The number of nitrogens with zero attached hydrogens (tertiary/aromatic N) is 1. The van der Waals surface area contributed by atoms with Gasteiger partial charge in [-0.25, -0.2) is 9.80 Å². The molecule has 9 heteroatoms. The lowest BCUT2D eigenvalue weighted by Gasteiger charge is -2.14. The zero-order valence-electron chi connectivity index (χ0n) is 15.3. The Morgan fingerprint density at radius 3 is 2.76 bits per heavy atom. The maximum atomic E-state index is 12.8. The fourth-order valence-electron chi connectivity index (χ4n) is 2.61. The van der Waals surface area contributed by atoms with Crippen LogP contribution in [0.15, 0.2) is 52.5 Å². The number of anilines is 1. The molecule has 1 heterocycles. The number of hydrogen-bond acceptors (Lipinski definition) is 5. The molecule has 1 N–H and O–H groups in total. The van der Waals surface area contributed by atoms with Crippen LogP contribution in [0.3, 0.4) is 0 Å². The van der Waals surface area contributed by atoms with Gasteiger partial charge in [0.05, 0.1) is 12.3 Å². The molecule has 3 rings (SSSR count). The number of benzene rings is 2. The Morgan fingerprint density at radius 2 is 2.03 bits per heavy atom. The average Bonchev–Trinajstić information content (AvgIpc) is 2.96. The Morgan fingerprint density at radius 1 is 1.24 bits per heavy atom. The Labute approximate surface area is 180 Å². The van der Waals surface area contributed by atoms with E-state index in [-0.39, 0.29) is 18.8 Å². The zero-order valence-corrected chi connectivity index (χ0v) is 17.6. The molecule has 2 amide bonds. The van der Waals surface area contributed by atoms with Gasteiger partial charge < -0.3 is 9.47 Å². The van der Waals surface area contributed by atoms with Crippen LogP contribution in [0.4, 0.5) is 5.69 Å². The number of nitrogens with one attached hydrogen (secondary N) is 1. The Bertz CT molecular complexity index is 1010. The van der Waals surface area contributed by atoms with E-state index in [0.29, 0.717) is 26.5 Å². The first-order valence-electron chi connectivity index (χ1n) is 8.59. The fourth-order valence-corrected chi connectivity index (χ4v) is 3.18. The van der Waals surface area contributed by atoms with Gasteiger partial charge in [-0.05, 0) is 49.4 Å². The third-order valence-corrected chi connectivity index (χ3v) is 4.61. The Hall–Kier alpha value is -2.84. The molecule has 1 aliphatic rings. The van der Waals surface area contributed by atoms with Gasteiger partial charge in [-0.3, -0.25) is 15.0 Å². The predicted molar refractivity (Wildman–Crippen MR) is 111 cm³/mol. The fraction of sp³-hybridized carbons (Fsp3) is 0.150. The molecule has 1 saturated heterocycles. The van der Waals surface area contributed by atoms with Crippen LogP contribution < -0.4 is 15.2 Å². The first kappa shape index (κ1) is 20.9. The van der Waals surface area contributed by atoms with Gasteiger partial charge in [-0.15, -0.1) is 0 Å². The molecule has 0 unspecified atom stereocenters. The van der Waals surface area contributed by atoms with Crippen LogP contribution in [-0.4, -0.2) is 31.0 Å². The quantitative estimate of drug-likeness (QED) is 0.389. The molecule has 7 nitrogen and oxygen atoms in total. The first-order chi connectivity index (χ1) is 13.9. The summed E-state index contributed by atoms with van der Waals surface area (Å²) in [7, 11) is 0. The number of hydrazine groups is 1. The van der Waals surface area contributed by atoms with Gasteiger partial charge in [0.1, 0.15) is 11.3 Å². The maximum absolute atomic E-state index is 12.8. The lowest BCUT2D eigenvalue weighted by molar-refractivity contribution is -0.145. The summed E-state index contributed by atoms with van der Waals surface area (Å²) in [5.41, 5.74) is 3.32. The summed E-state index contributed by atoms with van der Waals surface area (Å²) in [6, 6.07) is 11.6. The lowest BCUT2D eigenvalue weighted by Crippen LogP contribution is -2.35. The van der Waals surface area contributed by atoms with Crippen molar-refractivity contribution in [2.45, 2.75) is 6.92 Å². The molecular formula is C20H16BrClN2O5. The van der Waals surface area contributed by atoms with E-state index in [1.165, 1.54) is 6.08 Å². The maximum Gasteiger partial charge on any atom is 0.344 e. The van der Waals surface area contributed by atoms with Crippen molar-refractivity contribution in [2.24, 2.45) is 0 Å². The third kappa shape index (κ3) is 4.96. The van der Waals surface area contributed by atoms with Gasteiger partial charge in [-0.1, -0.05) is 33.6 Å². The van der Waals surface area contributed by atoms with Crippen molar-refractivity contribution in [1.82, 2.24) is 5.43 Å². The summed E-state index contributed by atoms with van der Waals surface area (Å²) in [6.45, 7) is 1.65. The van der Waals surface area contributed by atoms with E-state index < -0.39 is 17.8 Å². The molecule has 0 radical (unpaired) electrons. The highest BCUT2D eigenvalue weighted by atomic mass is 79.9. The summed E-state index contributed by atoms with van der Waals surface area (Å²) in [4.78, 5) is 36.8. The summed E-state index contributed by atoms with van der Waals surface area (Å²) < 4.78 is 11.1. The highest BCUT2D eigenvalue weighted by Crippen LogP contribution is 2.28. The molecule has 1 fully saturated rings. The second kappa shape index (κ2) is 9.11. The first-order valence-corrected chi connectivity index (χ1v) is 9.77. The van der Waals surface area contributed by atoms with Crippen LogP contribution in [0.25, 0.3) is 6.08 Å². The lowest BCUT2D eigenvalue weighted by atomic mass is 10.1. The summed E-state index contributed by atoms with van der Waals surface area (Å²) >= 11 is 9.32. The van der Waals surface area contributed by atoms with E-state index in [1.54, 1.807) is 49.4 Å². The van der Waals surface area contributed by atoms with E-state index in [0.717, 1.165) is 5.01 Å². The smallest absolute Gasteiger partial charge is 0.344 e. The SMILES string of the molecule is CCOC(=O)COc1ccc(Br)cc1/C=C1\C(=O)NN(c2cccc(Cl)c2)C1=O. The van der Waals surface area contributed by atoms with Gasteiger partial charge in [0.25, 0.3) is 11.8 Å². The van der Waals surface area contributed by atoms with Crippen molar-refractivity contribution in [1.29, 1.82) is 0 Å². The highest BCUT2D eigenvalue weighted by molar-refractivity contribution is 9.10. The van der Waals surface area contributed by atoms with Crippen LogP contribution in [0.1, 0.15) is 12.5 Å². The number of rotatable bonds is 6. The molecule has 29 heavy (non-hydrogen) atoms. The van der Waals surface area contributed by atoms with Crippen molar-refractivity contribution >= 4 is 57.1 Å². The summed E-state index contributed by atoms with van der Waals surface area (Å²) in [5, 5.41) is 1.56. The number of carbonyl (C=O) groups is 3. The van der Waals surface area contributed by atoms with E-state index in [9.17, 15) is 14.4 Å². The van der Waals surface area contributed by atoms with Crippen LogP contribution >= 0.6 is 27.5 Å². The minimum absolute atomic E-state index is 0.0796. The number of halogens is 2. The highest BCUT2D eigenvalue weighted by Gasteiger charge is 2.34. The van der Waals surface area contributed by atoms with Crippen molar-refractivity contribution in [3.8, 4) is 5.75 Å². The minimum Gasteiger partial charge on any atom is -0.481 e. The molecule has 0 saturated carbocycles. The zero-order chi connectivity index (χ0) is 21.0. The normalized spacial score (nSPS) is 14.9. The number of ether oxygens (including phenoxy) is 2. The number of amides is 2. The van der Waals surface area contributed by atoms with Gasteiger partial charge in [0.15, 0.2) is 6.61 Å². The monoisotopic (exact) mass is 478 g/mol. The molecule has 150 valence electrons. The van der Waals surface area contributed by atoms with Gasteiger partial charge in [0.2, 0.25) is 0 Å². The molecule has 2 aromatic carbocycles. The molecule has 2 aromatic rings. The minimum atomic E-state index is -0.564. The van der Waals surface area contributed by atoms with E-state index in [1.807, 2.05) is 0 Å². The van der Waals surface area contributed by atoms with Crippen LogP contribution in [0.5, 0.6) is 5.75 Å². The van der Waals surface area contributed by atoms with Crippen LogP contribution in [-0.2, 0) is 19.1 Å². The van der Waals surface area contributed by atoms with Gasteiger partial charge in [0, 0.05) is 15.1 Å². The largest absolute Gasteiger partial charge is 0.481 e. The third-order valence-electron chi connectivity index (χ3n) is 3.88. The molecule has 0 aromatic heterocycles. The second-order valence-electron chi connectivity index (χ2n) is 5.90. The molecule has 0 bridgehead atoms. The van der Waals surface area contributed by atoms with Gasteiger partial charge >= 0.3 is 5.97 Å². The Kier molecular flexibility index (Phi) is 6.56. The van der Waals surface area contributed by atoms with E-state index in [4.69, 9.17) is 21.1 Å². The van der Waals surface area contributed by atoms with Crippen LogP contribution in [0.2, 0.25) is 5.02 Å². The topological polar surface area (TPSA) is 84.9 Å². The predicted octanol–water partition coefficient (Wildman–Crippen LogP) is 3.51. The number of carbonyl (C=O) groups excluding carboxylic acids is 3. The standard InChI is InChI=1S/C20H16BrClN2O5/c1-2-28-18(25)11-29-17-7-6-13(21)8-12(17)9-16-19(26)23-24(20(16)27)15-5-3-4-14(22)10-15/h3-10H,2,11H2,1H3,(H,23,26)/b16-9+. The van der Waals surface area contributed by atoms with Crippen molar-refractivity contribution in [3.63, 3.8) is 0 Å². The van der Waals surface area contributed by atoms with Crippen molar-refractivity contribution in [3.05, 3.63) is 63.1 Å². The van der Waals surface area contributed by atoms with E-state index >= 15 is 0 Å². The van der Waals surface area contributed by atoms with Crippen LogP contribution in [0, 0.1) is 0 Å². The second-order valence-corrected chi connectivity index (χ2v) is 7.25. The molecular weight excluding hydrogens is 464 g/mol. The molecule has 1 aliphatic heterocycles. The Balaban J connectivity index is 1.89.